The molecule has 24 N–H and O–H groups in total. The maximum absolute atomic E-state index is 11.9. The monoisotopic (exact) mass is 1850 g/mol. The van der Waals surface area contributed by atoms with E-state index in [4.69, 9.17) is 101 Å². The largest absolute Gasteiger partial charge is 0.870 e. The summed E-state index contributed by atoms with van der Waals surface area (Å²) in [6.45, 7) is -0.568. The molecule has 122 heavy (non-hydrogen) atoms. The maximum Gasteiger partial charge on any atom is 0.470 e. The van der Waals surface area contributed by atoms with Gasteiger partial charge in [0, 0.05) is 20.0 Å². The number of aliphatic hydroxyl groups excluding tert-OH is 10. The van der Waals surface area contributed by atoms with Gasteiger partial charge in [-0.25, -0.2) is 66.0 Å². The fourth-order valence-corrected chi connectivity index (χ4v) is 16.3. The zero-order valence-corrected chi connectivity index (χ0v) is 67.8. The first-order chi connectivity index (χ1) is 57.0. The van der Waals surface area contributed by atoms with Crippen molar-refractivity contribution in [2.75, 3.05) is 44.2 Å². The second-order valence-electron chi connectivity index (χ2n) is 27.6. The molecule has 5 fully saturated rings. The van der Waals surface area contributed by atoms with Gasteiger partial charge in [0.1, 0.15) is 134 Å². The van der Waals surface area contributed by atoms with E-state index < -0.39 is 194 Å². The van der Waals surface area contributed by atoms with Crippen molar-refractivity contribution in [2.24, 2.45) is 19.2 Å². The third-order valence-corrected chi connectivity index (χ3v) is 22.3. The Morgan fingerprint density at radius 3 is 1.50 bits per heavy atom. The Morgan fingerprint density at radius 1 is 0.525 bits per heavy atom. The third kappa shape index (κ3) is 18.7. The van der Waals surface area contributed by atoms with E-state index in [1.54, 1.807) is 70.8 Å². The third-order valence-electron chi connectivity index (χ3n) is 19.6. The predicted octanol–water partition coefficient (Wildman–Crippen LogP) is -9.29. The van der Waals surface area contributed by atoms with Crippen LogP contribution in [0.1, 0.15) is 50.0 Å². The van der Waals surface area contributed by atoms with Crippen molar-refractivity contribution in [3.63, 3.8) is 0 Å². The first-order valence-electron chi connectivity index (χ1n) is 35.0. The van der Waals surface area contributed by atoms with Crippen LogP contribution in [-0.2, 0) is 95.9 Å². The normalized spacial score (nSPS) is 28.9. The van der Waals surface area contributed by atoms with Gasteiger partial charge >= 0.3 is 56.1 Å². The molecule has 21 atom stereocenters. The molecule has 0 amide bonds. The van der Waals surface area contributed by atoms with Gasteiger partial charge in [-0.2, -0.15) is 4.73 Å². The fourth-order valence-electron chi connectivity index (χ4n) is 14.1. The van der Waals surface area contributed by atoms with Gasteiger partial charge in [-0.1, -0.05) is 5.75 Å². The van der Waals surface area contributed by atoms with Crippen LogP contribution in [0.2, 0.25) is 0 Å². The van der Waals surface area contributed by atoms with E-state index in [1.165, 1.54) is 60.3 Å². The van der Waals surface area contributed by atoms with Crippen molar-refractivity contribution in [3.8, 4) is 5.75 Å². The number of hydrogen-bond acceptors (Lipinski definition) is 40. The van der Waals surface area contributed by atoms with Crippen LogP contribution >= 0.6 is 39.1 Å². The molecule has 0 aliphatic carbocycles. The van der Waals surface area contributed by atoms with E-state index in [-0.39, 0.29) is 56.4 Å². The molecule has 10 aromatic heterocycles. The number of pyridine rings is 3. The van der Waals surface area contributed by atoms with Crippen molar-refractivity contribution in [3.05, 3.63) is 86.1 Å². The van der Waals surface area contributed by atoms with Gasteiger partial charge < -0.3 is 152 Å². The lowest BCUT2D eigenvalue weighted by Gasteiger charge is -2.30. The minimum absolute atomic E-state index is 0.0280. The van der Waals surface area contributed by atoms with Crippen LogP contribution in [0, 0.1) is 5.41 Å². The van der Waals surface area contributed by atoms with E-state index >= 15 is 0 Å². The molecule has 0 aromatic carbocycles. The van der Waals surface area contributed by atoms with E-state index in [0.717, 1.165) is 17.5 Å². The minimum Gasteiger partial charge on any atom is -0.870 e. The number of ether oxygens (including phenoxy) is 5. The lowest BCUT2D eigenvalue weighted by molar-refractivity contribution is -0.746. The number of anilines is 2. The van der Waals surface area contributed by atoms with Crippen LogP contribution in [-0.4, -0.2) is 304 Å². The van der Waals surface area contributed by atoms with Gasteiger partial charge in [-0.3, -0.25) is 51.3 Å². The fraction of sp³-hybridized carbons (Fsp3) is 0.500. The van der Waals surface area contributed by atoms with Crippen molar-refractivity contribution in [2.45, 2.75) is 141 Å². The molecule has 0 saturated carbocycles. The molecule has 2 bridgehead atoms. The number of nitrogens with two attached hydrogens (primary N) is 1. The highest BCUT2D eigenvalue weighted by Gasteiger charge is 2.57. The Hall–Kier alpha value is -8.20. The van der Waals surface area contributed by atoms with Crippen LogP contribution in [0.25, 0.3) is 55.8 Å². The molecule has 17 rings (SSSR count). The molecular weight excluding hydrogens is 1770 g/mol. The second kappa shape index (κ2) is 35.0. The standard InChI is InChI=1S/C14H18N5O7P.C12H16N3O8P.C12H16N3O7PS.C10H14N5O8P.C10H12N5O7P/c1-7-16-17(2)8-3-4-15-13-10(8)18(7)6-19(13)14-12(21)11(20)9(26-14)5-25-27(22,23)24;1-14-5-15(11-8(14)6(16)2-3-13-11)12-10(18)9(17)7(23-12)4-22-24(19,20)21;1-14-5-15(11-8(14)7(24)2-3-13-11)12-10(17)9(16)6(22-12)4-21-23(18,19)20;11-8-5-9(13-3-15(8)18)14(2-12-5)10-7(17)6(16)4(23-10)1-22-24(19,20)21;11-7-2-8(13-1-12-7)15-9(14-2)6(22-23(18,19)20)5-3(16)4(17)10(15)21-5/h3-4,6,9,11-12,14,20-21H,5H2,1-2H3,(H-,22,23,24);2-3,5,7,9-10,12,17-18H,4H2,1H3,(H2-,13,16,19,20,21);2-3,5-6,9-10,12,16-17H,4H2,1H3,(H2-,13,18,19,20,24);2-4,6-7,10-11,16-18H,1H2,(H2,19,20,21);1,3-6,10,16-17H,(H2,11,12,13)(H2,18,19,20)/p+1/t9-,11?,12-,14-;7-,9?,10-,12-;6-,9?,10-,12-;4-,6?,7-,10-;3?,4-,5+,6?,10?/m11111/s1. The Kier molecular flexibility index (Phi) is 26.2. The van der Waals surface area contributed by atoms with Crippen molar-refractivity contribution in [1.82, 2.24) is 67.4 Å². The number of aryl methyl sites for hydroxylation is 2. The van der Waals surface area contributed by atoms with Gasteiger partial charge in [0.25, 0.3) is 0 Å². The number of imidazole rings is 5. The molecule has 7 unspecified atom stereocenters. The first kappa shape index (κ1) is 91.5. The number of nitrogen functional groups attached to an aromatic ring is 1. The summed E-state index contributed by atoms with van der Waals surface area (Å²) in [4.78, 5) is 121. The van der Waals surface area contributed by atoms with Gasteiger partial charge in [0.2, 0.25) is 24.2 Å². The molecule has 5 saturated heterocycles. The zero-order chi connectivity index (χ0) is 89.0. The molecule has 10 aromatic rings. The molecule has 64 heteroatoms. The van der Waals surface area contributed by atoms with E-state index in [2.05, 4.69) is 63.1 Å². The van der Waals surface area contributed by atoms with Gasteiger partial charge in [0.05, 0.1) is 46.9 Å². The zero-order valence-electron chi connectivity index (χ0n) is 62.5. The summed E-state index contributed by atoms with van der Waals surface area (Å²) in [5.41, 5.74) is 9.62. The van der Waals surface area contributed by atoms with Crippen LogP contribution in [0.5, 0.6) is 5.75 Å². The number of hydrogen-bond donors (Lipinski definition) is 23. The highest BCUT2D eigenvalue weighted by molar-refractivity contribution is 7.59. The van der Waals surface area contributed by atoms with Gasteiger partial charge in [-0.05, 0) is 12.1 Å². The smallest absolute Gasteiger partial charge is 0.470 e. The average Bonchev–Trinajstić information content (AvgIpc) is 1.56. The Labute approximate surface area is 684 Å². The minimum atomic E-state index is -4.92. The van der Waals surface area contributed by atoms with Crippen molar-refractivity contribution >= 4 is 125 Å². The molecule has 0 radical (unpaired) electrons. The summed E-state index contributed by atoms with van der Waals surface area (Å²) >= 11 is 5.25. The summed E-state index contributed by atoms with van der Waals surface area (Å²) in [6, 6.07) is 4.76. The number of fused-ring (bicyclic) bond motifs is 9. The number of rotatable bonds is 18. The van der Waals surface area contributed by atoms with Crippen LogP contribution in [0.4, 0.5) is 11.5 Å². The SMILES string of the molecule is CC1=NN(C)c2ccnc3c2n1c[n+]3[C@@H]1O[C@H](COP(=O)(O)O)C(O)[C@H]1O.Cn1c[n+]([C@@H]2O[C@H](COP(=O)(O)O)C(O)[C@H]2O)c2nccc([O-])c21.Cn1c[n+]([C@@H]2O[C@H](COP(=O)(O)O)C(O)[C@H]2O)c2nccc([S-])c21.N=c1c2ncn([C@@H]3O[C@H](COP(=O)(O)O)C(O)[C@H]3O)c2ncn1O.Nc1ncnc2c1nc1n2C2O[C@H](C1OP(=O)(O)O)C(O)[C@H]2O. The van der Waals surface area contributed by atoms with Crippen molar-refractivity contribution in [1.29, 1.82) is 5.41 Å². The van der Waals surface area contributed by atoms with Crippen LogP contribution in [0.15, 0.2) is 84.8 Å². The lowest BCUT2D eigenvalue weighted by Crippen LogP contribution is -2.46. The number of phosphoric ester groups is 5. The van der Waals surface area contributed by atoms with Gasteiger partial charge in [0.15, 0.2) is 88.0 Å². The molecule has 7 aliphatic heterocycles. The maximum atomic E-state index is 11.9. The summed E-state index contributed by atoms with van der Waals surface area (Å²) in [5, 5.41) is 136. The summed E-state index contributed by atoms with van der Waals surface area (Å²) in [6.07, 6.45) is -14.0. The Morgan fingerprint density at radius 2 is 0.984 bits per heavy atom. The molecule has 17 heterocycles. The summed E-state index contributed by atoms with van der Waals surface area (Å²) in [7, 11) is -18.7. The first-order valence-corrected chi connectivity index (χ1v) is 43.1. The molecule has 0 spiro atoms. The highest BCUT2D eigenvalue weighted by Crippen LogP contribution is 2.52. The highest BCUT2D eigenvalue weighted by atomic mass is 32.1. The summed E-state index contributed by atoms with van der Waals surface area (Å²) < 4.78 is 116. The number of nitrogens with zero attached hydrogens (tertiary/aromatic N) is 19. The number of hydrazone groups is 1. The number of phosphoric acid groups is 5. The Bertz CT molecular complexity index is 5790. The van der Waals surface area contributed by atoms with E-state index in [1.807, 2.05) is 6.92 Å². The summed E-state index contributed by atoms with van der Waals surface area (Å²) in [5.74, 6) is 0.497. The second-order valence-corrected chi connectivity index (χ2v) is 34.2. The van der Waals surface area contributed by atoms with E-state index in [0.29, 0.717) is 32.3 Å². The van der Waals surface area contributed by atoms with Crippen LogP contribution < -0.4 is 35.0 Å². The number of aliphatic hydroxyl groups is 10. The van der Waals surface area contributed by atoms with Crippen molar-refractivity contribution < 1.29 is 193 Å². The lowest BCUT2D eigenvalue weighted by atomic mass is 10.1. The van der Waals surface area contributed by atoms with Crippen LogP contribution in [0.3, 0.4) is 0 Å². The molecule has 7 aliphatic rings. The molecular formula is C58H77N21O37P5S+. The molecule has 666 valence electrons. The quantitative estimate of drug-likeness (QED) is 0.0164. The van der Waals surface area contributed by atoms with Gasteiger partial charge in [-0.15, -0.1) is 24.9 Å². The Balaban J connectivity index is 0.000000132. The average molecular weight is 1850 g/mol. The molecule has 58 nitrogen and oxygen atoms in total. The van der Waals surface area contributed by atoms with E-state index in [9.17, 15) is 84.2 Å². The number of aromatic nitrogens is 17. The topological polar surface area (TPSA) is 835 Å². The predicted molar refractivity (Wildman–Crippen MR) is 389 cm³/mol. The number of nitrogens with one attached hydrogen (secondary N) is 1.